The van der Waals surface area contributed by atoms with Crippen LogP contribution in [0.1, 0.15) is 24.8 Å². The quantitative estimate of drug-likeness (QED) is 0.616. The maximum absolute atomic E-state index is 13.8. The Balaban J connectivity index is 0.00000364. The van der Waals surface area contributed by atoms with Crippen molar-refractivity contribution in [2.45, 2.75) is 24.2 Å². The van der Waals surface area contributed by atoms with E-state index < -0.39 is 10.0 Å². The number of hydrogen-bond donors (Lipinski definition) is 3. The fourth-order valence-corrected chi connectivity index (χ4v) is 3.59. The van der Waals surface area contributed by atoms with Gasteiger partial charge < -0.3 is 11.1 Å². The van der Waals surface area contributed by atoms with Crippen molar-refractivity contribution < 1.29 is 17.6 Å². The van der Waals surface area contributed by atoms with Gasteiger partial charge in [0.1, 0.15) is 5.82 Å². The first-order chi connectivity index (χ1) is 12.3. The maximum Gasteiger partial charge on any atom is 0.240 e. The van der Waals surface area contributed by atoms with E-state index >= 15 is 0 Å². The molecule has 0 aliphatic carbocycles. The van der Waals surface area contributed by atoms with Crippen LogP contribution in [0, 0.1) is 5.82 Å². The van der Waals surface area contributed by atoms with E-state index in [0.29, 0.717) is 11.3 Å². The molecule has 27 heavy (non-hydrogen) atoms. The van der Waals surface area contributed by atoms with Crippen LogP contribution in [0.4, 0.5) is 10.1 Å². The number of nitrogens with one attached hydrogen (secondary N) is 2. The van der Waals surface area contributed by atoms with E-state index in [0.717, 1.165) is 0 Å². The van der Waals surface area contributed by atoms with Crippen LogP contribution in [-0.2, 0) is 14.8 Å². The van der Waals surface area contributed by atoms with Crippen LogP contribution in [-0.4, -0.2) is 27.4 Å². The third kappa shape index (κ3) is 6.59. The summed E-state index contributed by atoms with van der Waals surface area (Å²) in [7, 11) is -3.68. The number of carbonyl (C=O) groups excluding carboxylic acids is 1. The lowest BCUT2D eigenvalue weighted by Gasteiger charge is -2.13. The Morgan fingerprint density at radius 2 is 1.89 bits per heavy atom. The Morgan fingerprint density at radius 3 is 2.56 bits per heavy atom. The normalized spacial score (nSPS) is 12.1. The number of rotatable bonds is 8. The molecule has 1 unspecified atom stereocenters. The molecule has 0 saturated heterocycles. The minimum Gasteiger partial charge on any atom is -0.329 e. The van der Waals surface area contributed by atoms with Gasteiger partial charge in [0.05, 0.1) is 4.90 Å². The smallest absolute Gasteiger partial charge is 0.240 e. The number of carbonyl (C=O) groups is 1. The molecule has 6 nitrogen and oxygen atoms in total. The fourth-order valence-electron chi connectivity index (χ4n) is 2.49. The lowest BCUT2D eigenvalue weighted by atomic mass is 9.97. The van der Waals surface area contributed by atoms with Gasteiger partial charge in [0, 0.05) is 25.2 Å². The first-order valence-electron chi connectivity index (χ1n) is 8.17. The van der Waals surface area contributed by atoms with E-state index in [9.17, 15) is 17.6 Å². The standard InChI is InChI=1S/C18H22FN3O3S.ClH/c1-13(16-7-2-3-8-17(16)19)11-18(23)22-14-5-4-6-15(12-14)26(24,25)21-10-9-20;/h2-8,12-13,21H,9-11,20H2,1H3,(H,22,23);1H. The third-order valence-electron chi connectivity index (χ3n) is 3.79. The predicted octanol–water partition coefficient (Wildman–Crippen LogP) is 2.62. The minimum absolute atomic E-state index is 0. The van der Waals surface area contributed by atoms with Crippen molar-refractivity contribution in [2.75, 3.05) is 18.4 Å². The largest absolute Gasteiger partial charge is 0.329 e. The van der Waals surface area contributed by atoms with Gasteiger partial charge in [-0.15, -0.1) is 12.4 Å². The highest BCUT2D eigenvalue weighted by molar-refractivity contribution is 7.89. The van der Waals surface area contributed by atoms with Crippen molar-refractivity contribution in [3.63, 3.8) is 0 Å². The van der Waals surface area contributed by atoms with E-state index in [1.54, 1.807) is 31.2 Å². The molecule has 0 saturated carbocycles. The van der Waals surface area contributed by atoms with Gasteiger partial charge in [-0.1, -0.05) is 31.2 Å². The van der Waals surface area contributed by atoms with E-state index in [2.05, 4.69) is 10.0 Å². The molecule has 0 bridgehead atoms. The zero-order valence-electron chi connectivity index (χ0n) is 14.8. The maximum atomic E-state index is 13.8. The molecule has 0 fully saturated rings. The second kappa shape index (κ2) is 10.4. The van der Waals surface area contributed by atoms with Crippen LogP contribution in [0.3, 0.4) is 0 Å². The predicted molar refractivity (Wildman–Crippen MR) is 106 cm³/mol. The zero-order valence-corrected chi connectivity index (χ0v) is 16.4. The Kier molecular flexibility index (Phi) is 8.84. The topological polar surface area (TPSA) is 101 Å². The molecule has 0 aromatic heterocycles. The molecule has 0 aliphatic rings. The second-order valence-corrected chi connectivity index (χ2v) is 7.66. The Hall–Kier alpha value is -2.00. The van der Waals surface area contributed by atoms with E-state index in [1.165, 1.54) is 24.3 Å². The molecule has 0 aliphatic heterocycles. The average molecular weight is 416 g/mol. The van der Waals surface area contributed by atoms with Crippen molar-refractivity contribution in [3.05, 3.63) is 59.9 Å². The van der Waals surface area contributed by atoms with Gasteiger partial charge in [-0.05, 0) is 35.7 Å². The summed E-state index contributed by atoms with van der Waals surface area (Å²) in [5.41, 5.74) is 6.12. The summed E-state index contributed by atoms with van der Waals surface area (Å²) >= 11 is 0. The number of hydrogen-bond acceptors (Lipinski definition) is 4. The summed E-state index contributed by atoms with van der Waals surface area (Å²) in [6, 6.07) is 12.2. The lowest BCUT2D eigenvalue weighted by molar-refractivity contribution is -0.116. The van der Waals surface area contributed by atoms with Crippen LogP contribution in [0.25, 0.3) is 0 Å². The third-order valence-corrected chi connectivity index (χ3v) is 5.25. The molecule has 0 radical (unpaired) electrons. The molecule has 0 spiro atoms. The van der Waals surface area contributed by atoms with E-state index in [4.69, 9.17) is 5.73 Å². The van der Waals surface area contributed by atoms with Crippen molar-refractivity contribution in [1.82, 2.24) is 4.72 Å². The molecule has 1 atom stereocenters. The molecule has 2 aromatic rings. The highest BCUT2D eigenvalue weighted by Crippen LogP contribution is 2.23. The summed E-state index contributed by atoms with van der Waals surface area (Å²) in [5.74, 6) is -0.994. The molecule has 2 rings (SSSR count). The fraction of sp³-hybridized carbons (Fsp3) is 0.278. The highest BCUT2D eigenvalue weighted by atomic mass is 35.5. The molecule has 0 heterocycles. The molecular weight excluding hydrogens is 393 g/mol. The van der Waals surface area contributed by atoms with Crippen molar-refractivity contribution in [1.29, 1.82) is 0 Å². The van der Waals surface area contributed by atoms with Gasteiger partial charge in [-0.2, -0.15) is 0 Å². The number of halogens is 2. The van der Waals surface area contributed by atoms with Gasteiger partial charge >= 0.3 is 0 Å². The van der Waals surface area contributed by atoms with Crippen LogP contribution < -0.4 is 15.8 Å². The molecular formula is C18H23ClFN3O3S. The molecule has 148 valence electrons. The zero-order chi connectivity index (χ0) is 19.2. The monoisotopic (exact) mass is 415 g/mol. The summed E-state index contributed by atoms with van der Waals surface area (Å²) in [5, 5.41) is 2.65. The van der Waals surface area contributed by atoms with Gasteiger partial charge in [0.25, 0.3) is 0 Å². The van der Waals surface area contributed by atoms with Gasteiger partial charge in [0.15, 0.2) is 0 Å². The number of sulfonamides is 1. The first kappa shape index (κ1) is 23.0. The Morgan fingerprint density at radius 1 is 1.19 bits per heavy atom. The molecule has 9 heteroatoms. The molecule has 1 amide bonds. The number of nitrogens with two attached hydrogens (primary N) is 1. The van der Waals surface area contributed by atoms with Crippen LogP contribution in [0.2, 0.25) is 0 Å². The highest BCUT2D eigenvalue weighted by Gasteiger charge is 2.16. The summed E-state index contributed by atoms with van der Waals surface area (Å²) in [6.45, 7) is 2.07. The Bertz CT molecular complexity index is 878. The molecule has 4 N–H and O–H groups in total. The SMILES string of the molecule is CC(CC(=O)Nc1cccc(S(=O)(=O)NCCN)c1)c1ccccc1F.Cl. The van der Waals surface area contributed by atoms with Crippen molar-refractivity contribution in [2.24, 2.45) is 5.73 Å². The van der Waals surface area contributed by atoms with Crippen LogP contribution in [0.15, 0.2) is 53.4 Å². The van der Waals surface area contributed by atoms with E-state index in [1.807, 2.05) is 0 Å². The van der Waals surface area contributed by atoms with E-state index in [-0.39, 0.29) is 54.5 Å². The van der Waals surface area contributed by atoms with Crippen LogP contribution in [0.5, 0.6) is 0 Å². The summed E-state index contributed by atoms with van der Waals surface area (Å²) < 4.78 is 40.4. The number of benzene rings is 2. The summed E-state index contributed by atoms with van der Waals surface area (Å²) in [6.07, 6.45) is 0.0728. The minimum atomic E-state index is -3.68. The summed E-state index contributed by atoms with van der Waals surface area (Å²) in [4.78, 5) is 12.3. The first-order valence-corrected chi connectivity index (χ1v) is 9.66. The Labute approximate surface area is 164 Å². The lowest BCUT2D eigenvalue weighted by Crippen LogP contribution is -2.29. The number of amides is 1. The van der Waals surface area contributed by atoms with Gasteiger partial charge in [-0.25, -0.2) is 17.5 Å². The van der Waals surface area contributed by atoms with Crippen molar-refractivity contribution >= 4 is 34.0 Å². The van der Waals surface area contributed by atoms with Gasteiger partial charge in [0.2, 0.25) is 15.9 Å². The van der Waals surface area contributed by atoms with Crippen molar-refractivity contribution in [3.8, 4) is 0 Å². The van der Waals surface area contributed by atoms with Crippen LogP contribution >= 0.6 is 12.4 Å². The second-order valence-electron chi connectivity index (χ2n) is 5.89. The van der Waals surface area contributed by atoms with Gasteiger partial charge in [-0.3, -0.25) is 4.79 Å². The number of anilines is 1. The molecule has 2 aromatic carbocycles. The average Bonchev–Trinajstić information content (AvgIpc) is 2.60.